The standard InChI is InChI=1S/C17H19N5O4S/c1-20-11-15(16(23)21(2)17(20)24)27(25,26)19-9-13-3-5-14(6-4-13)10-22-8-7-18-12-22/h3-8,11-12,19H,9-10H2,1-2H3. The van der Waals surface area contributed by atoms with Crippen molar-refractivity contribution in [3.63, 3.8) is 0 Å². The van der Waals surface area contributed by atoms with E-state index in [1.54, 1.807) is 12.5 Å². The van der Waals surface area contributed by atoms with Gasteiger partial charge in [0.15, 0.2) is 4.90 Å². The van der Waals surface area contributed by atoms with Crippen molar-refractivity contribution in [3.8, 4) is 0 Å². The van der Waals surface area contributed by atoms with Crippen molar-refractivity contribution in [1.29, 1.82) is 0 Å². The second-order valence-corrected chi connectivity index (χ2v) is 7.86. The molecule has 0 spiro atoms. The van der Waals surface area contributed by atoms with Gasteiger partial charge in [0.1, 0.15) is 0 Å². The van der Waals surface area contributed by atoms with Gasteiger partial charge in [0, 0.05) is 45.8 Å². The predicted octanol–water partition coefficient (Wildman–Crippen LogP) is -0.193. The van der Waals surface area contributed by atoms with Crippen LogP contribution in [0.25, 0.3) is 0 Å². The minimum atomic E-state index is -4.06. The Morgan fingerprint density at radius 1 is 1.07 bits per heavy atom. The summed E-state index contributed by atoms with van der Waals surface area (Å²) < 4.78 is 31.1. The molecule has 2 heterocycles. The van der Waals surface area contributed by atoms with Crippen LogP contribution in [0.2, 0.25) is 0 Å². The van der Waals surface area contributed by atoms with Crippen molar-refractivity contribution in [3.05, 3.63) is 81.1 Å². The number of nitrogens with one attached hydrogen (secondary N) is 1. The first-order valence-corrected chi connectivity index (χ1v) is 9.56. The van der Waals surface area contributed by atoms with Crippen LogP contribution in [-0.4, -0.2) is 27.1 Å². The third-order valence-electron chi connectivity index (χ3n) is 4.12. The second-order valence-electron chi connectivity index (χ2n) is 6.13. The van der Waals surface area contributed by atoms with Crippen LogP contribution >= 0.6 is 0 Å². The smallest absolute Gasteiger partial charge is 0.330 e. The van der Waals surface area contributed by atoms with Crippen molar-refractivity contribution in [2.75, 3.05) is 0 Å². The molecule has 0 bridgehead atoms. The average molecular weight is 389 g/mol. The molecule has 0 unspecified atom stereocenters. The summed E-state index contributed by atoms with van der Waals surface area (Å²) in [6.07, 6.45) is 6.31. The largest absolute Gasteiger partial charge is 0.333 e. The minimum absolute atomic E-state index is 0.0275. The number of hydrogen-bond acceptors (Lipinski definition) is 5. The van der Waals surface area contributed by atoms with E-state index in [4.69, 9.17) is 0 Å². The van der Waals surface area contributed by atoms with Crippen LogP contribution in [0.4, 0.5) is 0 Å². The molecule has 142 valence electrons. The maximum atomic E-state index is 12.5. The number of benzene rings is 1. The van der Waals surface area contributed by atoms with Crippen LogP contribution in [-0.2, 0) is 37.2 Å². The van der Waals surface area contributed by atoms with Crippen molar-refractivity contribution in [2.24, 2.45) is 14.1 Å². The lowest BCUT2D eigenvalue weighted by molar-refractivity contribution is 0.570. The lowest BCUT2D eigenvalue weighted by atomic mass is 10.1. The molecule has 1 aromatic carbocycles. The molecule has 2 aromatic heterocycles. The molecule has 0 radical (unpaired) electrons. The van der Waals surface area contributed by atoms with Crippen LogP contribution in [0, 0.1) is 0 Å². The Kier molecular flexibility index (Phi) is 5.10. The highest BCUT2D eigenvalue weighted by molar-refractivity contribution is 7.89. The number of nitrogens with zero attached hydrogens (tertiary/aromatic N) is 4. The molecular weight excluding hydrogens is 370 g/mol. The first-order chi connectivity index (χ1) is 12.8. The van der Waals surface area contributed by atoms with E-state index in [0.717, 1.165) is 26.5 Å². The summed E-state index contributed by atoms with van der Waals surface area (Å²) in [5.74, 6) is 0. The Morgan fingerprint density at radius 3 is 2.37 bits per heavy atom. The quantitative estimate of drug-likeness (QED) is 0.629. The van der Waals surface area contributed by atoms with Gasteiger partial charge in [0.2, 0.25) is 10.0 Å². The molecule has 0 aliphatic rings. The van der Waals surface area contributed by atoms with Gasteiger partial charge in [-0.15, -0.1) is 0 Å². The fourth-order valence-electron chi connectivity index (χ4n) is 2.57. The first-order valence-electron chi connectivity index (χ1n) is 8.08. The van der Waals surface area contributed by atoms with Crippen LogP contribution < -0.4 is 16.0 Å². The molecular formula is C17H19N5O4S. The highest BCUT2D eigenvalue weighted by atomic mass is 32.2. The van der Waals surface area contributed by atoms with Gasteiger partial charge in [-0.05, 0) is 11.1 Å². The van der Waals surface area contributed by atoms with E-state index in [0.29, 0.717) is 6.54 Å². The third-order valence-corrected chi connectivity index (χ3v) is 5.50. The number of rotatable bonds is 6. The molecule has 0 saturated carbocycles. The number of imidazole rings is 1. The maximum absolute atomic E-state index is 12.5. The highest BCUT2D eigenvalue weighted by Gasteiger charge is 2.21. The fraction of sp³-hybridized carbons (Fsp3) is 0.235. The van der Waals surface area contributed by atoms with Crippen LogP contribution in [0.1, 0.15) is 11.1 Å². The van der Waals surface area contributed by atoms with Gasteiger partial charge < -0.3 is 9.13 Å². The summed E-state index contributed by atoms with van der Waals surface area (Å²) in [5, 5.41) is 0. The summed E-state index contributed by atoms with van der Waals surface area (Å²) in [6, 6.07) is 7.42. The molecule has 0 fully saturated rings. The van der Waals surface area contributed by atoms with Gasteiger partial charge in [0.25, 0.3) is 5.56 Å². The highest BCUT2D eigenvalue weighted by Crippen LogP contribution is 2.08. The SMILES string of the molecule is Cn1cc(S(=O)(=O)NCc2ccc(Cn3ccnc3)cc2)c(=O)n(C)c1=O. The molecule has 9 nitrogen and oxygen atoms in total. The van der Waals surface area contributed by atoms with Gasteiger partial charge in [0.05, 0.1) is 6.33 Å². The van der Waals surface area contributed by atoms with Crippen molar-refractivity contribution < 1.29 is 8.42 Å². The Labute approximate surface area is 155 Å². The van der Waals surface area contributed by atoms with Crippen LogP contribution in [0.5, 0.6) is 0 Å². The molecule has 0 atom stereocenters. The van der Waals surface area contributed by atoms with E-state index < -0.39 is 26.2 Å². The van der Waals surface area contributed by atoms with E-state index in [1.807, 2.05) is 35.0 Å². The predicted molar refractivity (Wildman–Crippen MR) is 98.7 cm³/mol. The van der Waals surface area contributed by atoms with Crippen molar-refractivity contribution in [2.45, 2.75) is 18.0 Å². The molecule has 0 amide bonds. The molecule has 3 rings (SSSR count). The van der Waals surface area contributed by atoms with Gasteiger partial charge in [-0.2, -0.15) is 0 Å². The Hall–Kier alpha value is -2.98. The summed E-state index contributed by atoms with van der Waals surface area (Å²) >= 11 is 0. The summed E-state index contributed by atoms with van der Waals surface area (Å²) in [6.45, 7) is 0.694. The fourth-order valence-corrected chi connectivity index (χ4v) is 3.74. The molecule has 27 heavy (non-hydrogen) atoms. The molecule has 0 saturated heterocycles. The van der Waals surface area contributed by atoms with E-state index in [2.05, 4.69) is 9.71 Å². The van der Waals surface area contributed by atoms with Gasteiger partial charge in [-0.1, -0.05) is 24.3 Å². The molecule has 3 aromatic rings. The molecule has 0 aliphatic heterocycles. The Balaban J connectivity index is 1.74. The van der Waals surface area contributed by atoms with Crippen molar-refractivity contribution >= 4 is 10.0 Å². The normalized spacial score (nSPS) is 11.6. The maximum Gasteiger partial charge on any atom is 0.330 e. The second kappa shape index (κ2) is 7.33. The Morgan fingerprint density at radius 2 is 1.74 bits per heavy atom. The summed E-state index contributed by atoms with van der Waals surface area (Å²) in [4.78, 5) is 27.3. The average Bonchev–Trinajstić information content (AvgIpc) is 3.15. The zero-order valence-electron chi connectivity index (χ0n) is 14.9. The first kappa shape index (κ1) is 18.8. The Bertz CT molecular complexity index is 1160. The summed E-state index contributed by atoms with van der Waals surface area (Å²) in [7, 11) is -1.43. The van der Waals surface area contributed by atoms with E-state index in [9.17, 15) is 18.0 Å². The topological polar surface area (TPSA) is 108 Å². The van der Waals surface area contributed by atoms with Crippen LogP contribution in [0.15, 0.2) is 63.7 Å². The lowest BCUT2D eigenvalue weighted by Gasteiger charge is -2.10. The summed E-state index contributed by atoms with van der Waals surface area (Å²) in [5.41, 5.74) is 0.342. The monoisotopic (exact) mass is 389 g/mol. The number of sulfonamides is 1. The third kappa shape index (κ3) is 4.07. The van der Waals surface area contributed by atoms with E-state index >= 15 is 0 Å². The van der Waals surface area contributed by atoms with Crippen molar-refractivity contribution in [1.82, 2.24) is 23.4 Å². The molecule has 10 heteroatoms. The lowest BCUT2D eigenvalue weighted by Crippen LogP contribution is -2.41. The number of aromatic nitrogens is 4. The number of hydrogen-bond donors (Lipinski definition) is 1. The zero-order chi connectivity index (χ0) is 19.6. The van der Waals surface area contributed by atoms with Gasteiger partial charge in [-0.3, -0.25) is 9.36 Å². The molecule has 0 aliphatic carbocycles. The molecule has 1 N–H and O–H groups in total. The van der Waals surface area contributed by atoms with Gasteiger partial charge >= 0.3 is 5.69 Å². The minimum Gasteiger partial charge on any atom is -0.333 e. The van der Waals surface area contributed by atoms with E-state index in [1.165, 1.54) is 14.1 Å². The zero-order valence-corrected chi connectivity index (χ0v) is 15.7. The van der Waals surface area contributed by atoms with E-state index in [-0.39, 0.29) is 6.54 Å². The number of aryl methyl sites for hydroxylation is 1. The van der Waals surface area contributed by atoms with Crippen LogP contribution in [0.3, 0.4) is 0 Å². The van der Waals surface area contributed by atoms with Gasteiger partial charge in [-0.25, -0.2) is 22.9 Å².